The van der Waals surface area contributed by atoms with Crippen LogP contribution < -0.4 is 10.6 Å². The molecule has 0 radical (unpaired) electrons. The first-order valence-corrected chi connectivity index (χ1v) is 7.95. The van der Waals surface area contributed by atoms with Gasteiger partial charge in [0.1, 0.15) is 0 Å². The van der Waals surface area contributed by atoms with Crippen LogP contribution in [0.1, 0.15) is 30.5 Å². The topological polar surface area (TPSA) is 64.6 Å². The lowest BCUT2D eigenvalue weighted by molar-refractivity contribution is -0.123. The molecule has 1 aliphatic heterocycles. The Hall–Kier alpha value is -1.43. The number of nitrogens with zero attached hydrogens (tertiary/aromatic N) is 1. The van der Waals surface area contributed by atoms with E-state index in [4.69, 9.17) is 0 Å². The summed E-state index contributed by atoms with van der Waals surface area (Å²) in [6, 6.07) is 8.41. The number of β-amino-alcohol motifs (C(OH)–C–C–N with tert-alkyl or cyclic N) is 1. The molecule has 2 rings (SSSR count). The Kier molecular flexibility index (Phi) is 5.94. The number of carbonyl (C=O) groups is 1. The van der Waals surface area contributed by atoms with Crippen LogP contribution in [0, 0.1) is 0 Å². The number of rotatable bonds is 6. The van der Waals surface area contributed by atoms with Crippen LogP contribution in [0.5, 0.6) is 0 Å². The Morgan fingerprint density at radius 1 is 1.41 bits per heavy atom. The molecule has 5 heteroatoms. The molecule has 1 aromatic carbocycles. The van der Waals surface area contributed by atoms with Crippen molar-refractivity contribution in [3.63, 3.8) is 0 Å². The summed E-state index contributed by atoms with van der Waals surface area (Å²) in [5.41, 5.74) is 2.51. The molecule has 1 fully saturated rings. The molecule has 0 aliphatic carbocycles. The van der Waals surface area contributed by atoms with Crippen molar-refractivity contribution in [2.45, 2.75) is 38.0 Å². The van der Waals surface area contributed by atoms with Crippen LogP contribution in [0.25, 0.3) is 0 Å². The first-order valence-electron chi connectivity index (χ1n) is 7.95. The van der Waals surface area contributed by atoms with Gasteiger partial charge in [0.05, 0.1) is 18.2 Å². The molecule has 0 unspecified atom stereocenters. The van der Waals surface area contributed by atoms with Crippen LogP contribution in [0.3, 0.4) is 0 Å². The maximum Gasteiger partial charge on any atom is 0.237 e. The van der Waals surface area contributed by atoms with Gasteiger partial charge in [-0.3, -0.25) is 4.79 Å². The van der Waals surface area contributed by atoms with Gasteiger partial charge in [0.15, 0.2) is 0 Å². The highest BCUT2D eigenvalue weighted by molar-refractivity contribution is 5.82. The minimum Gasteiger partial charge on any atom is -0.392 e. The number of carbonyl (C=O) groups excluding carboxylic acids is 1. The maximum atomic E-state index is 12.1. The van der Waals surface area contributed by atoms with Crippen molar-refractivity contribution in [1.29, 1.82) is 0 Å². The van der Waals surface area contributed by atoms with Gasteiger partial charge in [-0.15, -0.1) is 0 Å². The van der Waals surface area contributed by atoms with Gasteiger partial charge < -0.3 is 20.6 Å². The smallest absolute Gasteiger partial charge is 0.237 e. The summed E-state index contributed by atoms with van der Waals surface area (Å²) in [6.07, 6.45) is 1.10. The average molecular weight is 305 g/mol. The number of amides is 1. The van der Waals surface area contributed by atoms with Gasteiger partial charge in [0.2, 0.25) is 5.91 Å². The lowest BCUT2D eigenvalue weighted by Crippen LogP contribution is -2.43. The van der Waals surface area contributed by atoms with E-state index in [2.05, 4.69) is 46.7 Å². The van der Waals surface area contributed by atoms with E-state index in [1.807, 2.05) is 14.1 Å². The lowest BCUT2D eigenvalue weighted by atomic mass is 10.0. The summed E-state index contributed by atoms with van der Waals surface area (Å²) in [4.78, 5) is 14.3. The van der Waals surface area contributed by atoms with Crippen molar-refractivity contribution < 1.29 is 9.90 Å². The number of aliphatic hydroxyl groups is 1. The Balaban J connectivity index is 1.95. The number of likely N-dealkylation sites (N-methyl/N-ethyl adjacent to an activating group) is 1. The van der Waals surface area contributed by atoms with E-state index in [0.717, 1.165) is 6.42 Å². The number of aliphatic hydroxyl groups excluding tert-OH is 1. The minimum atomic E-state index is -0.415. The third kappa shape index (κ3) is 4.29. The zero-order valence-electron chi connectivity index (χ0n) is 13.7. The summed E-state index contributed by atoms with van der Waals surface area (Å²) >= 11 is 0. The van der Waals surface area contributed by atoms with E-state index in [9.17, 15) is 9.90 Å². The van der Waals surface area contributed by atoms with E-state index < -0.39 is 6.10 Å². The fourth-order valence-electron chi connectivity index (χ4n) is 2.81. The van der Waals surface area contributed by atoms with Crippen LogP contribution in [0.15, 0.2) is 24.3 Å². The Morgan fingerprint density at radius 3 is 2.59 bits per heavy atom. The predicted octanol–water partition coefficient (Wildman–Crippen LogP) is 0.691. The molecule has 3 atom stereocenters. The fraction of sp³-hybridized carbons (Fsp3) is 0.588. The Morgan fingerprint density at radius 2 is 2.09 bits per heavy atom. The second kappa shape index (κ2) is 7.72. The first kappa shape index (κ1) is 16.9. The second-order valence-electron chi connectivity index (χ2n) is 6.17. The van der Waals surface area contributed by atoms with Gasteiger partial charge in [0, 0.05) is 13.1 Å². The minimum absolute atomic E-state index is 0.0337. The highest BCUT2D eigenvalue weighted by Crippen LogP contribution is 2.18. The largest absolute Gasteiger partial charge is 0.392 e. The molecule has 1 aliphatic rings. The normalized spacial score (nSPS) is 22.8. The van der Waals surface area contributed by atoms with E-state index in [1.54, 1.807) is 0 Å². The van der Waals surface area contributed by atoms with Crippen molar-refractivity contribution in [3.05, 3.63) is 35.4 Å². The quantitative estimate of drug-likeness (QED) is 0.723. The Bertz CT molecular complexity index is 487. The second-order valence-corrected chi connectivity index (χ2v) is 6.17. The lowest BCUT2D eigenvalue weighted by Gasteiger charge is -2.26. The predicted molar refractivity (Wildman–Crippen MR) is 87.7 cm³/mol. The summed E-state index contributed by atoms with van der Waals surface area (Å²) in [7, 11) is 4.03. The SMILES string of the molecule is CCc1ccc([C@H](CNC(=O)[C@@H]2C[C@H](O)CN2)N(C)C)cc1. The van der Waals surface area contributed by atoms with Gasteiger partial charge in [-0.25, -0.2) is 0 Å². The molecular weight excluding hydrogens is 278 g/mol. The fourth-order valence-corrected chi connectivity index (χ4v) is 2.81. The van der Waals surface area contributed by atoms with Crippen molar-refractivity contribution in [1.82, 2.24) is 15.5 Å². The van der Waals surface area contributed by atoms with Crippen molar-refractivity contribution in [3.8, 4) is 0 Å². The highest BCUT2D eigenvalue weighted by Gasteiger charge is 2.28. The molecule has 22 heavy (non-hydrogen) atoms. The van der Waals surface area contributed by atoms with Crippen LogP contribution in [-0.2, 0) is 11.2 Å². The average Bonchev–Trinajstić information content (AvgIpc) is 2.94. The van der Waals surface area contributed by atoms with Crippen molar-refractivity contribution >= 4 is 5.91 Å². The number of hydrogen-bond donors (Lipinski definition) is 3. The molecule has 0 aromatic heterocycles. The molecule has 0 spiro atoms. The first-order chi connectivity index (χ1) is 10.5. The van der Waals surface area contributed by atoms with E-state index >= 15 is 0 Å². The van der Waals surface area contributed by atoms with Crippen molar-refractivity contribution in [2.75, 3.05) is 27.2 Å². The monoisotopic (exact) mass is 305 g/mol. The van der Waals surface area contributed by atoms with Gasteiger partial charge in [-0.05, 0) is 38.1 Å². The Labute approximate surface area is 132 Å². The number of benzene rings is 1. The molecule has 3 N–H and O–H groups in total. The molecule has 1 aromatic rings. The highest BCUT2D eigenvalue weighted by atomic mass is 16.3. The summed E-state index contributed by atoms with van der Waals surface area (Å²) in [6.45, 7) is 3.20. The van der Waals surface area contributed by atoms with Gasteiger partial charge in [0.25, 0.3) is 0 Å². The van der Waals surface area contributed by atoms with Crippen LogP contribution in [0.2, 0.25) is 0 Å². The van der Waals surface area contributed by atoms with Crippen LogP contribution >= 0.6 is 0 Å². The number of hydrogen-bond acceptors (Lipinski definition) is 4. The van der Waals surface area contributed by atoms with Crippen LogP contribution in [-0.4, -0.2) is 55.2 Å². The molecule has 122 valence electrons. The molecule has 0 bridgehead atoms. The zero-order chi connectivity index (χ0) is 16.1. The van der Waals surface area contributed by atoms with Crippen LogP contribution in [0.4, 0.5) is 0 Å². The molecule has 1 heterocycles. The maximum absolute atomic E-state index is 12.1. The van der Waals surface area contributed by atoms with Gasteiger partial charge in [-0.2, -0.15) is 0 Å². The summed E-state index contributed by atoms with van der Waals surface area (Å²) in [5, 5.41) is 15.5. The zero-order valence-corrected chi connectivity index (χ0v) is 13.7. The van der Waals surface area contributed by atoms with Gasteiger partial charge in [-0.1, -0.05) is 31.2 Å². The van der Waals surface area contributed by atoms with Crippen molar-refractivity contribution in [2.24, 2.45) is 0 Å². The number of aryl methyl sites for hydroxylation is 1. The summed E-state index contributed by atoms with van der Waals surface area (Å²) < 4.78 is 0. The molecule has 0 saturated carbocycles. The molecule has 1 saturated heterocycles. The van der Waals surface area contributed by atoms with Gasteiger partial charge >= 0.3 is 0 Å². The van der Waals surface area contributed by atoms with E-state index in [0.29, 0.717) is 19.5 Å². The third-order valence-electron chi connectivity index (χ3n) is 4.29. The number of nitrogens with one attached hydrogen (secondary N) is 2. The molecular formula is C17H27N3O2. The van der Waals surface area contributed by atoms with E-state index in [1.165, 1.54) is 11.1 Å². The molecule has 1 amide bonds. The van der Waals surface area contributed by atoms with E-state index in [-0.39, 0.29) is 18.0 Å². The third-order valence-corrected chi connectivity index (χ3v) is 4.29. The standard InChI is InChI=1S/C17H27N3O2/c1-4-12-5-7-13(8-6-12)16(20(2)3)11-19-17(22)15-9-14(21)10-18-15/h5-8,14-16,18,21H,4,9-11H2,1-3H3,(H,19,22)/t14-,15-,16-/m0/s1. The molecule has 5 nitrogen and oxygen atoms in total. The summed E-state index contributed by atoms with van der Waals surface area (Å²) in [5.74, 6) is -0.0337.